The van der Waals surface area contributed by atoms with Crippen LogP contribution in [0.5, 0.6) is 5.75 Å². The highest BCUT2D eigenvalue weighted by Gasteiger charge is 2.28. The number of nitrogens with two attached hydrogens (primary N) is 1. The van der Waals surface area contributed by atoms with Crippen LogP contribution in [0.1, 0.15) is 36.2 Å². The summed E-state index contributed by atoms with van der Waals surface area (Å²) in [6.07, 6.45) is 0.788. The number of amides is 2. The highest BCUT2D eigenvalue weighted by molar-refractivity contribution is 5.98. The average Bonchev–Trinajstić information content (AvgIpc) is 3.11. The van der Waals surface area contributed by atoms with Gasteiger partial charge in [0.15, 0.2) is 6.10 Å². The molecule has 2 aromatic carbocycles. The number of fused-ring (bicyclic) bond motifs is 1. The van der Waals surface area contributed by atoms with Crippen LogP contribution in [-0.2, 0) is 11.2 Å². The zero-order valence-corrected chi connectivity index (χ0v) is 17.5. The molecule has 1 heterocycles. The molecule has 0 saturated heterocycles. The van der Waals surface area contributed by atoms with Crippen molar-refractivity contribution in [1.82, 2.24) is 5.32 Å². The van der Waals surface area contributed by atoms with Gasteiger partial charge in [0, 0.05) is 30.3 Å². The maximum atomic E-state index is 12.6. The lowest BCUT2D eigenvalue weighted by Gasteiger charge is -2.19. The lowest BCUT2D eigenvalue weighted by atomic mass is 10.0. The first-order valence-corrected chi connectivity index (χ1v) is 9.62. The van der Waals surface area contributed by atoms with Crippen molar-refractivity contribution in [2.75, 3.05) is 11.9 Å². The van der Waals surface area contributed by atoms with Crippen molar-refractivity contribution >= 4 is 29.9 Å². The summed E-state index contributed by atoms with van der Waals surface area (Å²) in [5.74, 6) is 0.758. The third-order valence-electron chi connectivity index (χ3n) is 4.71. The molecule has 0 bridgehead atoms. The molecule has 29 heavy (non-hydrogen) atoms. The molecular weight excluding hydrogens is 390 g/mol. The summed E-state index contributed by atoms with van der Waals surface area (Å²) < 4.78 is 5.72. The third kappa shape index (κ3) is 5.95. The average molecular weight is 418 g/mol. The molecule has 2 atom stereocenters. The summed E-state index contributed by atoms with van der Waals surface area (Å²) in [5.41, 5.74) is 7.83. The van der Waals surface area contributed by atoms with Gasteiger partial charge < -0.3 is 21.1 Å². The molecule has 1 aliphatic heterocycles. The molecule has 4 N–H and O–H groups in total. The van der Waals surface area contributed by atoms with Gasteiger partial charge in [0.05, 0.1) is 0 Å². The van der Waals surface area contributed by atoms with Gasteiger partial charge in [-0.3, -0.25) is 9.59 Å². The fraction of sp³-hybridized carbons (Fsp3) is 0.364. The molecule has 0 fully saturated rings. The SMILES string of the molecule is CC(C)CC(CN)NC(=O)c1cccc(NC(=O)C2Cc3ccccc3O2)c1.Cl. The Labute approximate surface area is 177 Å². The number of para-hydroxylation sites is 1. The van der Waals surface area contributed by atoms with Crippen molar-refractivity contribution in [3.05, 3.63) is 59.7 Å². The summed E-state index contributed by atoms with van der Waals surface area (Å²) in [7, 11) is 0. The van der Waals surface area contributed by atoms with E-state index in [1.165, 1.54) is 0 Å². The maximum absolute atomic E-state index is 12.6. The van der Waals surface area contributed by atoms with Crippen LogP contribution >= 0.6 is 12.4 Å². The topological polar surface area (TPSA) is 93.5 Å². The fourth-order valence-corrected chi connectivity index (χ4v) is 3.34. The predicted octanol–water partition coefficient (Wildman–Crippen LogP) is 3.15. The lowest BCUT2D eigenvalue weighted by Crippen LogP contribution is -2.41. The molecule has 2 unspecified atom stereocenters. The van der Waals surface area contributed by atoms with Gasteiger partial charge in [-0.05, 0) is 42.2 Å². The maximum Gasteiger partial charge on any atom is 0.265 e. The molecule has 2 aromatic rings. The van der Waals surface area contributed by atoms with E-state index in [4.69, 9.17) is 10.5 Å². The molecule has 7 heteroatoms. The number of hydrogen-bond acceptors (Lipinski definition) is 4. The number of carbonyl (C=O) groups excluding carboxylic acids is 2. The van der Waals surface area contributed by atoms with Gasteiger partial charge in [-0.15, -0.1) is 12.4 Å². The van der Waals surface area contributed by atoms with Crippen LogP contribution in [0, 0.1) is 5.92 Å². The minimum absolute atomic E-state index is 0. The van der Waals surface area contributed by atoms with Crippen molar-refractivity contribution in [2.24, 2.45) is 11.7 Å². The molecule has 6 nitrogen and oxygen atoms in total. The second kappa shape index (κ2) is 10.3. The monoisotopic (exact) mass is 417 g/mol. The quantitative estimate of drug-likeness (QED) is 0.645. The Kier molecular flexibility index (Phi) is 8.05. The summed E-state index contributed by atoms with van der Waals surface area (Å²) in [6.45, 7) is 4.57. The van der Waals surface area contributed by atoms with Gasteiger partial charge in [0.25, 0.3) is 11.8 Å². The Balaban J connectivity index is 0.00000300. The van der Waals surface area contributed by atoms with Gasteiger partial charge >= 0.3 is 0 Å². The largest absolute Gasteiger partial charge is 0.480 e. The van der Waals surface area contributed by atoms with Crippen LogP contribution in [0.15, 0.2) is 48.5 Å². The van der Waals surface area contributed by atoms with Crippen molar-refractivity contribution in [1.29, 1.82) is 0 Å². The van der Waals surface area contributed by atoms with Crippen molar-refractivity contribution in [2.45, 2.75) is 38.8 Å². The summed E-state index contributed by atoms with van der Waals surface area (Å²) >= 11 is 0. The van der Waals surface area contributed by atoms with E-state index in [1.807, 2.05) is 24.3 Å². The van der Waals surface area contributed by atoms with Gasteiger partial charge in [0.2, 0.25) is 0 Å². The minimum atomic E-state index is -0.567. The van der Waals surface area contributed by atoms with E-state index >= 15 is 0 Å². The van der Waals surface area contributed by atoms with Crippen LogP contribution in [0.25, 0.3) is 0 Å². The second-order valence-corrected chi connectivity index (χ2v) is 7.52. The summed E-state index contributed by atoms with van der Waals surface area (Å²) in [6, 6.07) is 14.4. The number of rotatable bonds is 7. The van der Waals surface area contributed by atoms with E-state index in [0.29, 0.717) is 30.1 Å². The number of ether oxygens (including phenoxy) is 1. The minimum Gasteiger partial charge on any atom is -0.480 e. The van der Waals surface area contributed by atoms with Crippen LogP contribution < -0.4 is 21.1 Å². The summed E-state index contributed by atoms with van der Waals surface area (Å²) in [4.78, 5) is 25.1. The van der Waals surface area contributed by atoms with Crippen LogP contribution in [0.4, 0.5) is 5.69 Å². The van der Waals surface area contributed by atoms with Crippen LogP contribution in [-0.4, -0.2) is 30.5 Å². The second-order valence-electron chi connectivity index (χ2n) is 7.52. The number of anilines is 1. The van der Waals surface area contributed by atoms with Crippen molar-refractivity contribution < 1.29 is 14.3 Å². The molecule has 1 aliphatic rings. The zero-order valence-electron chi connectivity index (χ0n) is 16.7. The Bertz CT molecular complexity index is 832. The number of nitrogens with one attached hydrogen (secondary N) is 2. The number of halogens is 1. The molecular formula is C22H28ClN3O3. The molecule has 0 aromatic heterocycles. The Morgan fingerprint density at radius 3 is 2.62 bits per heavy atom. The summed E-state index contributed by atoms with van der Waals surface area (Å²) in [5, 5.41) is 5.81. The predicted molar refractivity (Wildman–Crippen MR) is 117 cm³/mol. The molecule has 0 spiro atoms. The molecule has 156 valence electrons. The Morgan fingerprint density at radius 2 is 1.93 bits per heavy atom. The fourth-order valence-electron chi connectivity index (χ4n) is 3.34. The van der Waals surface area contributed by atoms with Gasteiger partial charge in [-0.25, -0.2) is 0 Å². The van der Waals surface area contributed by atoms with E-state index in [1.54, 1.807) is 24.3 Å². The van der Waals surface area contributed by atoms with Crippen molar-refractivity contribution in [3.63, 3.8) is 0 Å². The first kappa shape index (κ1) is 22.7. The standard InChI is InChI=1S/C22H27N3O3.ClH/c1-14(2)10-18(13-23)25-21(26)16-7-5-8-17(11-16)24-22(27)20-12-15-6-3-4-9-19(15)28-20;/h3-9,11,14,18,20H,10,12-13,23H2,1-2H3,(H,24,27)(H,25,26);1H. The third-order valence-corrected chi connectivity index (χ3v) is 4.71. The van der Waals surface area contributed by atoms with Gasteiger partial charge in [-0.2, -0.15) is 0 Å². The molecule has 0 radical (unpaired) electrons. The number of benzene rings is 2. The molecule has 3 rings (SSSR count). The van der Waals surface area contributed by atoms with Gasteiger partial charge in [-0.1, -0.05) is 38.1 Å². The Morgan fingerprint density at radius 1 is 1.17 bits per heavy atom. The van der Waals surface area contributed by atoms with Gasteiger partial charge in [0.1, 0.15) is 5.75 Å². The van der Waals surface area contributed by atoms with Crippen LogP contribution in [0.2, 0.25) is 0 Å². The highest BCUT2D eigenvalue weighted by atomic mass is 35.5. The van der Waals surface area contributed by atoms with Crippen molar-refractivity contribution in [3.8, 4) is 5.75 Å². The van der Waals surface area contributed by atoms with E-state index < -0.39 is 6.10 Å². The molecule has 0 aliphatic carbocycles. The Hall–Kier alpha value is -2.57. The number of carbonyl (C=O) groups is 2. The molecule has 2 amide bonds. The first-order chi connectivity index (χ1) is 13.5. The smallest absolute Gasteiger partial charge is 0.265 e. The number of hydrogen-bond donors (Lipinski definition) is 3. The molecule has 0 saturated carbocycles. The highest BCUT2D eigenvalue weighted by Crippen LogP contribution is 2.28. The van der Waals surface area contributed by atoms with Crippen LogP contribution in [0.3, 0.4) is 0 Å². The zero-order chi connectivity index (χ0) is 20.1. The lowest BCUT2D eigenvalue weighted by molar-refractivity contribution is -0.122. The normalized spacial score (nSPS) is 15.7. The van der Waals surface area contributed by atoms with E-state index in [-0.39, 0.29) is 30.3 Å². The van der Waals surface area contributed by atoms with E-state index in [0.717, 1.165) is 17.7 Å². The van der Waals surface area contributed by atoms with E-state index in [9.17, 15) is 9.59 Å². The first-order valence-electron chi connectivity index (χ1n) is 9.62. The van der Waals surface area contributed by atoms with E-state index in [2.05, 4.69) is 24.5 Å².